The Labute approximate surface area is 91.5 Å². The highest BCUT2D eigenvalue weighted by atomic mass is 15.2. The Morgan fingerprint density at radius 3 is 2.93 bits per heavy atom. The summed E-state index contributed by atoms with van der Waals surface area (Å²) in [5.41, 5.74) is 1.36. The fourth-order valence-electron chi connectivity index (χ4n) is 2.07. The number of rotatable bonds is 4. The van der Waals surface area contributed by atoms with Crippen LogP contribution in [0, 0.1) is 0 Å². The van der Waals surface area contributed by atoms with Gasteiger partial charge in [-0.2, -0.15) is 0 Å². The molecular formula is C12H19N3. The molecule has 3 nitrogen and oxygen atoms in total. The summed E-state index contributed by atoms with van der Waals surface area (Å²) in [6, 6.07) is 4.86. The molecule has 1 atom stereocenters. The van der Waals surface area contributed by atoms with E-state index in [0.717, 1.165) is 13.0 Å². The van der Waals surface area contributed by atoms with Crippen LogP contribution >= 0.6 is 0 Å². The molecule has 1 fully saturated rings. The summed E-state index contributed by atoms with van der Waals surface area (Å²) in [6.07, 6.45) is 6.10. The number of nitrogens with zero attached hydrogens (tertiary/aromatic N) is 2. The molecule has 15 heavy (non-hydrogen) atoms. The lowest BCUT2D eigenvalue weighted by Crippen LogP contribution is -2.32. The summed E-state index contributed by atoms with van der Waals surface area (Å²) in [5, 5.41) is 3.60. The van der Waals surface area contributed by atoms with E-state index in [0.29, 0.717) is 6.04 Å². The van der Waals surface area contributed by atoms with Crippen molar-refractivity contribution in [3.8, 4) is 0 Å². The lowest BCUT2D eigenvalue weighted by Gasteiger charge is -2.12. The third kappa shape index (κ3) is 3.29. The van der Waals surface area contributed by atoms with E-state index in [9.17, 15) is 0 Å². The molecule has 1 aliphatic rings. The second-order valence-corrected chi connectivity index (χ2v) is 4.31. The van der Waals surface area contributed by atoms with E-state index in [1.54, 1.807) is 0 Å². The number of pyridine rings is 1. The van der Waals surface area contributed by atoms with Crippen LogP contribution in [0.15, 0.2) is 24.5 Å². The lowest BCUT2D eigenvalue weighted by molar-refractivity contribution is 0.398. The molecule has 0 spiro atoms. The van der Waals surface area contributed by atoms with Crippen LogP contribution < -0.4 is 5.32 Å². The fraction of sp³-hybridized carbons (Fsp3) is 0.583. The first kappa shape index (κ1) is 10.6. The maximum atomic E-state index is 4.01. The molecule has 82 valence electrons. The summed E-state index contributed by atoms with van der Waals surface area (Å²) in [5.74, 6) is 0. The SMILES string of the molecule is CN1CCC(NCCc2ccncc2)C1. The van der Waals surface area contributed by atoms with Gasteiger partial charge in [0.1, 0.15) is 0 Å². The van der Waals surface area contributed by atoms with Crippen molar-refractivity contribution in [2.75, 3.05) is 26.7 Å². The maximum absolute atomic E-state index is 4.01. The molecule has 1 saturated heterocycles. The zero-order chi connectivity index (χ0) is 10.5. The van der Waals surface area contributed by atoms with Gasteiger partial charge in [-0.1, -0.05) is 0 Å². The van der Waals surface area contributed by atoms with Crippen LogP contribution in [0.1, 0.15) is 12.0 Å². The molecule has 1 N–H and O–H groups in total. The van der Waals surface area contributed by atoms with Crippen LogP contribution in [0.3, 0.4) is 0 Å². The molecule has 0 aliphatic carbocycles. The van der Waals surface area contributed by atoms with Gasteiger partial charge in [-0.15, -0.1) is 0 Å². The van der Waals surface area contributed by atoms with Crippen molar-refractivity contribution in [3.05, 3.63) is 30.1 Å². The highest BCUT2D eigenvalue weighted by molar-refractivity contribution is 5.09. The summed E-state index contributed by atoms with van der Waals surface area (Å²) < 4.78 is 0. The Balaban J connectivity index is 1.67. The van der Waals surface area contributed by atoms with Gasteiger partial charge in [-0.3, -0.25) is 4.98 Å². The van der Waals surface area contributed by atoms with Crippen molar-refractivity contribution < 1.29 is 0 Å². The van der Waals surface area contributed by atoms with Crippen LogP contribution in [0.25, 0.3) is 0 Å². The predicted octanol–water partition coefficient (Wildman–Crippen LogP) is 0.918. The molecule has 0 saturated carbocycles. The van der Waals surface area contributed by atoms with Crippen molar-refractivity contribution in [2.45, 2.75) is 18.9 Å². The Bertz CT molecular complexity index is 286. The van der Waals surface area contributed by atoms with E-state index in [1.807, 2.05) is 12.4 Å². The second-order valence-electron chi connectivity index (χ2n) is 4.31. The molecule has 0 aromatic carbocycles. The number of aromatic nitrogens is 1. The predicted molar refractivity (Wildman–Crippen MR) is 61.8 cm³/mol. The molecule has 2 heterocycles. The Hall–Kier alpha value is -0.930. The minimum Gasteiger partial charge on any atom is -0.312 e. The molecule has 0 radical (unpaired) electrons. The Kier molecular flexibility index (Phi) is 3.69. The summed E-state index contributed by atoms with van der Waals surface area (Å²) >= 11 is 0. The first-order valence-corrected chi connectivity index (χ1v) is 5.65. The molecular weight excluding hydrogens is 186 g/mol. The normalized spacial score (nSPS) is 22.1. The lowest BCUT2D eigenvalue weighted by atomic mass is 10.2. The molecule has 2 rings (SSSR count). The van der Waals surface area contributed by atoms with Crippen LogP contribution in [0.2, 0.25) is 0 Å². The third-order valence-corrected chi connectivity index (χ3v) is 2.99. The maximum Gasteiger partial charge on any atom is 0.0270 e. The summed E-state index contributed by atoms with van der Waals surface area (Å²) in [4.78, 5) is 6.39. The van der Waals surface area contributed by atoms with E-state index < -0.39 is 0 Å². The minimum absolute atomic E-state index is 0.692. The molecule has 1 aliphatic heterocycles. The number of hydrogen-bond donors (Lipinski definition) is 1. The largest absolute Gasteiger partial charge is 0.312 e. The third-order valence-electron chi connectivity index (χ3n) is 2.99. The second kappa shape index (κ2) is 5.24. The highest BCUT2D eigenvalue weighted by Gasteiger charge is 2.17. The van der Waals surface area contributed by atoms with Crippen LogP contribution in [-0.2, 0) is 6.42 Å². The number of hydrogen-bond acceptors (Lipinski definition) is 3. The van der Waals surface area contributed by atoms with E-state index in [4.69, 9.17) is 0 Å². The fourth-order valence-corrected chi connectivity index (χ4v) is 2.07. The number of nitrogens with one attached hydrogen (secondary N) is 1. The van der Waals surface area contributed by atoms with E-state index in [2.05, 4.69) is 34.4 Å². The van der Waals surface area contributed by atoms with Gasteiger partial charge >= 0.3 is 0 Å². The van der Waals surface area contributed by atoms with Crippen molar-refractivity contribution in [1.82, 2.24) is 15.2 Å². The molecule has 0 bridgehead atoms. The van der Waals surface area contributed by atoms with E-state index in [-0.39, 0.29) is 0 Å². The van der Waals surface area contributed by atoms with Gasteiger partial charge in [0.2, 0.25) is 0 Å². The van der Waals surface area contributed by atoms with Gasteiger partial charge < -0.3 is 10.2 Å². The zero-order valence-corrected chi connectivity index (χ0v) is 9.32. The van der Waals surface area contributed by atoms with Gasteiger partial charge in [-0.05, 0) is 50.7 Å². The molecule has 1 aromatic heterocycles. The first-order chi connectivity index (χ1) is 7.34. The van der Waals surface area contributed by atoms with Gasteiger partial charge in [0.15, 0.2) is 0 Å². The van der Waals surface area contributed by atoms with Gasteiger partial charge in [-0.25, -0.2) is 0 Å². The molecule has 1 aromatic rings. The number of likely N-dealkylation sites (N-methyl/N-ethyl adjacent to an activating group) is 1. The molecule has 3 heteroatoms. The quantitative estimate of drug-likeness (QED) is 0.792. The standard InChI is InChI=1S/C12H19N3/c1-15-9-5-12(10-15)14-8-4-11-2-6-13-7-3-11/h2-3,6-7,12,14H,4-5,8-10H2,1H3. The van der Waals surface area contributed by atoms with Crippen molar-refractivity contribution >= 4 is 0 Å². The van der Waals surface area contributed by atoms with Crippen molar-refractivity contribution in [1.29, 1.82) is 0 Å². The average Bonchev–Trinajstić information content (AvgIpc) is 2.66. The average molecular weight is 205 g/mol. The van der Waals surface area contributed by atoms with Crippen LogP contribution in [-0.4, -0.2) is 42.6 Å². The minimum atomic E-state index is 0.692. The summed E-state index contributed by atoms with van der Waals surface area (Å²) in [7, 11) is 2.19. The Morgan fingerprint density at radius 1 is 1.47 bits per heavy atom. The zero-order valence-electron chi connectivity index (χ0n) is 9.32. The highest BCUT2D eigenvalue weighted by Crippen LogP contribution is 2.06. The monoisotopic (exact) mass is 205 g/mol. The van der Waals surface area contributed by atoms with E-state index >= 15 is 0 Å². The first-order valence-electron chi connectivity index (χ1n) is 5.65. The van der Waals surface area contributed by atoms with Gasteiger partial charge in [0.05, 0.1) is 0 Å². The number of likely N-dealkylation sites (tertiary alicyclic amines) is 1. The van der Waals surface area contributed by atoms with E-state index in [1.165, 1.54) is 25.1 Å². The van der Waals surface area contributed by atoms with Gasteiger partial charge in [0.25, 0.3) is 0 Å². The van der Waals surface area contributed by atoms with Crippen LogP contribution in [0.5, 0.6) is 0 Å². The van der Waals surface area contributed by atoms with Crippen molar-refractivity contribution in [3.63, 3.8) is 0 Å². The molecule has 1 unspecified atom stereocenters. The van der Waals surface area contributed by atoms with Crippen LogP contribution in [0.4, 0.5) is 0 Å². The molecule has 0 amide bonds. The topological polar surface area (TPSA) is 28.2 Å². The summed E-state index contributed by atoms with van der Waals surface area (Å²) in [6.45, 7) is 3.49. The Morgan fingerprint density at radius 2 is 2.27 bits per heavy atom. The van der Waals surface area contributed by atoms with Gasteiger partial charge in [0, 0.05) is 25.0 Å². The van der Waals surface area contributed by atoms with Crippen molar-refractivity contribution in [2.24, 2.45) is 0 Å². The smallest absolute Gasteiger partial charge is 0.0270 e.